The molecule has 0 unspecified atom stereocenters. The van der Waals surface area contributed by atoms with E-state index < -0.39 is 10.2 Å². The molecule has 0 aromatic heterocycles. The van der Waals surface area contributed by atoms with Gasteiger partial charge in [0.2, 0.25) is 6.79 Å². The average Bonchev–Trinajstić information content (AvgIpc) is 3.08. The normalized spacial score (nSPS) is 18.1. The molecule has 0 spiro atoms. The van der Waals surface area contributed by atoms with Crippen molar-refractivity contribution in [1.82, 2.24) is 13.9 Å². The largest absolute Gasteiger partial charge is 0.454 e. The first kappa shape index (κ1) is 18.7. The van der Waals surface area contributed by atoms with E-state index in [1.54, 1.807) is 18.2 Å². The molecule has 2 aliphatic heterocycles. The molecule has 0 radical (unpaired) electrons. The van der Waals surface area contributed by atoms with Crippen LogP contribution in [0.1, 0.15) is 12.8 Å². The minimum absolute atomic E-state index is 0.188. The van der Waals surface area contributed by atoms with Crippen molar-refractivity contribution in [3.8, 4) is 11.5 Å². The Balaban J connectivity index is 1.43. The van der Waals surface area contributed by atoms with Crippen molar-refractivity contribution in [3.63, 3.8) is 0 Å². The molecule has 1 saturated heterocycles. The van der Waals surface area contributed by atoms with Crippen LogP contribution >= 0.6 is 0 Å². The lowest BCUT2D eigenvalue weighted by Gasteiger charge is -2.32. The maximum absolute atomic E-state index is 12.1. The molecule has 2 aliphatic rings. The minimum atomic E-state index is -3.36. The van der Waals surface area contributed by atoms with Crippen LogP contribution in [0.3, 0.4) is 0 Å². The number of piperidine rings is 1. The Hall–Kier alpha value is -2.04. The van der Waals surface area contributed by atoms with Crippen LogP contribution in [0.4, 0.5) is 10.5 Å². The maximum Gasteiger partial charge on any atom is 0.319 e. The molecule has 2 N–H and O–H groups in total. The highest BCUT2D eigenvalue weighted by molar-refractivity contribution is 7.86. The molecule has 1 aromatic rings. The first-order valence-electron chi connectivity index (χ1n) is 8.48. The summed E-state index contributed by atoms with van der Waals surface area (Å²) in [5.41, 5.74) is 0.624. The predicted molar refractivity (Wildman–Crippen MR) is 96.5 cm³/mol. The Morgan fingerprint density at radius 3 is 2.62 bits per heavy atom. The number of hydrogen-bond donors (Lipinski definition) is 2. The van der Waals surface area contributed by atoms with Crippen LogP contribution < -0.4 is 20.1 Å². The van der Waals surface area contributed by atoms with Crippen molar-refractivity contribution in [2.45, 2.75) is 12.8 Å². The summed E-state index contributed by atoms with van der Waals surface area (Å²) in [6, 6.07) is 4.91. The molecule has 9 nitrogen and oxygen atoms in total. The van der Waals surface area contributed by atoms with Crippen molar-refractivity contribution in [3.05, 3.63) is 18.2 Å². The second kappa shape index (κ2) is 7.68. The lowest BCUT2D eigenvalue weighted by Crippen LogP contribution is -2.46. The summed E-state index contributed by atoms with van der Waals surface area (Å²) in [7, 11) is -0.293. The van der Waals surface area contributed by atoms with E-state index in [1.165, 1.54) is 22.7 Å². The molecular weight excluding hydrogens is 360 g/mol. The number of urea groups is 1. The maximum atomic E-state index is 12.1. The fourth-order valence-electron chi connectivity index (χ4n) is 2.96. The van der Waals surface area contributed by atoms with E-state index >= 15 is 0 Å². The highest BCUT2D eigenvalue weighted by Crippen LogP contribution is 2.34. The summed E-state index contributed by atoms with van der Waals surface area (Å²) in [5.74, 6) is 1.53. The van der Waals surface area contributed by atoms with Gasteiger partial charge >= 0.3 is 6.03 Å². The summed E-state index contributed by atoms with van der Waals surface area (Å²) in [4.78, 5) is 12.1. The van der Waals surface area contributed by atoms with Gasteiger partial charge in [0.1, 0.15) is 0 Å². The number of fused-ring (bicyclic) bond motifs is 1. The zero-order valence-electron chi connectivity index (χ0n) is 14.9. The van der Waals surface area contributed by atoms with Crippen LogP contribution in [-0.4, -0.2) is 63.6 Å². The first-order chi connectivity index (χ1) is 12.4. The Labute approximate surface area is 153 Å². The Morgan fingerprint density at radius 2 is 1.92 bits per heavy atom. The van der Waals surface area contributed by atoms with Gasteiger partial charge in [-0.25, -0.2) is 4.79 Å². The number of nitrogens with zero attached hydrogens (tertiary/aromatic N) is 2. The smallest absolute Gasteiger partial charge is 0.319 e. The Kier molecular flexibility index (Phi) is 5.54. The number of carbonyl (C=O) groups excluding carboxylic acids is 1. The molecule has 3 rings (SSSR count). The number of anilines is 1. The quantitative estimate of drug-likeness (QED) is 0.791. The van der Waals surface area contributed by atoms with Gasteiger partial charge in [-0.05, 0) is 30.9 Å². The fraction of sp³-hybridized carbons (Fsp3) is 0.562. The van der Waals surface area contributed by atoms with Crippen LogP contribution in [0.2, 0.25) is 0 Å². The number of nitrogens with one attached hydrogen (secondary N) is 2. The standard InChI is InChI=1S/C16H24N4O5S/c1-19(2)26(22,23)20-7-5-12(6-8-20)10-17-16(21)18-13-3-4-14-15(9-13)25-11-24-14/h3-4,9,12H,5-8,10-11H2,1-2H3,(H2,17,18,21). The lowest BCUT2D eigenvalue weighted by atomic mass is 9.98. The number of benzene rings is 1. The minimum Gasteiger partial charge on any atom is -0.454 e. The Bertz CT molecular complexity index is 760. The highest BCUT2D eigenvalue weighted by atomic mass is 32.2. The van der Waals surface area contributed by atoms with E-state index in [1.807, 2.05) is 0 Å². The molecule has 1 aromatic carbocycles. The molecule has 2 heterocycles. The zero-order chi connectivity index (χ0) is 18.7. The van der Waals surface area contributed by atoms with Crippen LogP contribution in [0.25, 0.3) is 0 Å². The number of carbonyl (C=O) groups is 1. The summed E-state index contributed by atoms with van der Waals surface area (Å²) < 4.78 is 37.4. The second-order valence-corrected chi connectivity index (χ2v) is 8.68. The van der Waals surface area contributed by atoms with E-state index in [2.05, 4.69) is 10.6 Å². The van der Waals surface area contributed by atoms with Crippen molar-refractivity contribution in [2.24, 2.45) is 5.92 Å². The topological polar surface area (TPSA) is 100 Å². The van der Waals surface area contributed by atoms with Gasteiger partial charge in [0, 0.05) is 45.5 Å². The molecule has 0 bridgehead atoms. The van der Waals surface area contributed by atoms with Crippen molar-refractivity contribution in [1.29, 1.82) is 0 Å². The third-order valence-electron chi connectivity index (χ3n) is 4.54. The highest BCUT2D eigenvalue weighted by Gasteiger charge is 2.29. The first-order valence-corrected chi connectivity index (χ1v) is 9.88. The third-order valence-corrected chi connectivity index (χ3v) is 6.48. The predicted octanol–water partition coefficient (Wildman–Crippen LogP) is 1.06. The van der Waals surface area contributed by atoms with Gasteiger partial charge in [-0.3, -0.25) is 0 Å². The molecule has 1 fully saturated rings. The monoisotopic (exact) mass is 384 g/mol. The summed E-state index contributed by atoms with van der Waals surface area (Å²) in [6.45, 7) is 1.63. The Morgan fingerprint density at radius 1 is 1.23 bits per heavy atom. The molecule has 2 amide bonds. The third kappa shape index (κ3) is 4.19. The number of hydrogen-bond acceptors (Lipinski definition) is 5. The van der Waals surface area contributed by atoms with E-state index in [-0.39, 0.29) is 18.7 Å². The molecule has 0 saturated carbocycles. The van der Waals surface area contributed by atoms with Crippen molar-refractivity contribution in [2.75, 3.05) is 45.8 Å². The molecule has 144 valence electrons. The van der Waals surface area contributed by atoms with Gasteiger partial charge in [0.25, 0.3) is 10.2 Å². The lowest BCUT2D eigenvalue weighted by molar-refractivity contribution is 0.174. The van der Waals surface area contributed by atoms with E-state index in [9.17, 15) is 13.2 Å². The average molecular weight is 384 g/mol. The summed E-state index contributed by atoms with van der Waals surface area (Å²) in [6.07, 6.45) is 1.44. The van der Waals surface area contributed by atoms with Gasteiger partial charge in [-0.2, -0.15) is 17.0 Å². The summed E-state index contributed by atoms with van der Waals surface area (Å²) >= 11 is 0. The number of rotatable bonds is 5. The van der Waals surface area contributed by atoms with Crippen LogP contribution in [0.5, 0.6) is 11.5 Å². The van der Waals surface area contributed by atoms with Gasteiger partial charge < -0.3 is 20.1 Å². The molecule has 10 heteroatoms. The van der Waals surface area contributed by atoms with Crippen molar-refractivity contribution >= 4 is 21.9 Å². The van der Waals surface area contributed by atoms with Crippen LogP contribution in [0.15, 0.2) is 18.2 Å². The van der Waals surface area contributed by atoms with Gasteiger partial charge in [-0.1, -0.05) is 0 Å². The summed E-state index contributed by atoms with van der Waals surface area (Å²) in [5, 5.41) is 5.61. The molecule has 26 heavy (non-hydrogen) atoms. The van der Waals surface area contributed by atoms with Gasteiger partial charge in [-0.15, -0.1) is 0 Å². The van der Waals surface area contributed by atoms with E-state index in [0.717, 1.165) is 12.8 Å². The fourth-order valence-corrected chi connectivity index (χ4v) is 4.10. The van der Waals surface area contributed by atoms with E-state index in [4.69, 9.17) is 9.47 Å². The van der Waals surface area contributed by atoms with Crippen molar-refractivity contribution < 1.29 is 22.7 Å². The van der Waals surface area contributed by atoms with Crippen LogP contribution in [0, 0.1) is 5.92 Å². The molecular formula is C16H24N4O5S. The molecule has 0 atom stereocenters. The zero-order valence-corrected chi connectivity index (χ0v) is 15.7. The van der Waals surface area contributed by atoms with E-state index in [0.29, 0.717) is 36.8 Å². The van der Waals surface area contributed by atoms with Gasteiger partial charge in [0.15, 0.2) is 11.5 Å². The number of ether oxygens (including phenoxy) is 2. The second-order valence-electron chi connectivity index (χ2n) is 6.54. The van der Waals surface area contributed by atoms with Crippen LogP contribution in [-0.2, 0) is 10.2 Å². The van der Waals surface area contributed by atoms with Gasteiger partial charge in [0.05, 0.1) is 0 Å². The SMILES string of the molecule is CN(C)S(=O)(=O)N1CCC(CNC(=O)Nc2ccc3c(c2)OCO3)CC1. The molecule has 0 aliphatic carbocycles. The number of amides is 2.